The highest BCUT2D eigenvalue weighted by molar-refractivity contribution is 6.33. The van der Waals surface area contributed by atoms with Gasteiger partial charge in [-0.05, 0) is 27.1 Å². The van der Waals surface area contributed by atoms with E-state index < -0.39 is 0 Å². The second kappa shape index (κ2) is 5.17. The summed E-state index contributed by atoms with van der Waals surface area (Å²) >= 11 is 5.97. The van der Waals surface area contributed by atoms with Crippen molar-refractivity contribution in [2.45, 2.75) is 13.0 Å². The van der Waals surface area contributed by atoms with Gasteiger partial charge in [0.2, 0.25) is 0 Å². The molecule has 0 fully saturated rings. The van der Waals surface area contributed by atoms with Gasteiger partial charge in [-0.15, -0.1) is 0 Å². The van der Waals surface area contributed by atoms with Gasteiger partial charge in [0.25, 0.3) is 0 Å². The van der Waals surface area contributed by atoms with Crippen molar-refractivity contribution in [3.05, 3.63) is 23.5 Å². The van der Waals surface area contributed by atoms with Crippen LogP contribution in [0, 0.1) is 0 Å². The molecule has 0 radical (unpaired) electrons. The molecule has 0 unspecified atom stereocenters. The molecule has 1 aromatic rings. The molecule has 0 saturated carbocycles. The molecule has 1 atom stereocenters. The van der Waals surface area contributed by atoms with E-state index >= 15 is 0 Å². The van der Waals surface area contributed by atoms with Gasteiger partial charge in [0.15, 0.2) is 0 Å². The van der Waals surface area contributed by atoms with Crippen molar-refractivity contribution in [2.75, 3.05) is 26.0 Å². The number of rotatable bonds is 4. The van der Waals surface area contributed by atoms with E-state index in [2.05, 4.69) is 22.1 Å². The Kier molecular flexibility index (Phi) is 4.17. The molecule has 1 N–H and O–H groups in total. The molecular formula is C10H16ClN3. The lowest BCUT2D eigenvalue weighted by Crippen LogP contribution is -2.29. The summed E-state index contributed by atoms with van der Waals surface area (Å²) in [5.74, 6) is 0. The van der Waals surface area contributed by atoms with Crippen LogP contribution in [0.15, 0.2) is 18.5 Å². The molecule has 14 heavy (non-hydrogen) atoms. The number of hydrogen-bond acceptors (Lipinski definition) is 3. The van der Waals surface area contributed by atoms with Crippen molar-refractivity contribution in [3.8, 4) is 0 Å². The van der Waals surface area contributed by atoms with Crippen molar-refractivity contribution in [1.82, 2.24) is 9.88 Å². The first-order valence-corrected chi connectivity index (χ1v) is 4.98. The Morgan fingerprint density at radius 2 is 2.29 bits per heavy atom. The molecule has 0 amide bonds. The van der Waals surface area contributed by atoms with E-state index in [1.54, 1.807) is 12.4 Å². The topological polar surface area (TPSA) is 28.2 Å². The maximum atomic E-state index is 5.97. The van der Waals surface area contributed by atoms with Crippen molar-refractivity contribution < 1.29 is 0 Å². The Morgan fingerprint density at radius 1 is 1.57 bits per heavy atom. The average Bonchev–Trinajstić information content (AvgIpc) is 2.07. The Balaban J connectivity index is 2.56. The fourth-order valence-corrected chi connectivity index (χ4v) is 1.52. The summed E-state index contributed by atoms with van der Waals surface area (Å²) in [6.07, 6.45) is 3.38. The average molecular weight is 214 g/mol. The minimum Gasteiger partial charge on any atom is -0.380 e. The van der Waals surface area contributed by atoms with Crippen LogP contribution in [0.4, 0.5) is 5.69 Å². The predicted molar refractivity (Wildman–Crippen MR) is 60.9 cm³/mol. The quantitative estimate of drug-likeness (QED) is 0.831. The molecule has 78 valence electrons. The van der Waals surface area contributed by atoms with E-state index in [1.165, 1.54) is 0 Å². The predicted octanol–water partition coefficient (Wildman–Crippen LogP) is 2.10. The second-order valence-electron chi connectivity index (χ2n) is 3.66. The Bertz CT molecular complexity index is 288. The highest BCUT2D eigenvalue weighted by Gasteiger charge is 2.05. The zero-order valence-corrected chi connectivity index (χ0v) is 9.54. The summed E-state index contributed by atoms with van der Waals surface area (Å²) in [6.45, 7) is 3.09. The van der Waals surface area contributed by atoms with Gasteiger partial charge in [0, 0.05) is 25.0 Å². The summed E-state index contributed by atoms with van der Waals surface area (Å²) in [5, 5.41) is 3.99. The molecule has 0 aliphatic carbocycles. The van der Waals surface area contributed by atoms with E-state index in [0.717, 1.165) is 12.2 Å². The Hall–Kier alpha value is -0.800. The number of nitrogens with zero attached hydrogens (tertiary/aromatic N) is 2. The van der Waals surface area contributed by atoms with Gasteiger partial charge < -0.3 is 10.2 Å². The van der Waals surface area contributed by atoms with Crippen molar-refractivity contribution >= 4 is 17.3 Å². The van der Waals surface area contributed by atoms with E-state index in [9.17, 15) is 0 Å². The summed E-state index contributed by atoms with van der Waals surface area (Å²) in [4.78, 5) is 6.06. The first kappa shape index (κ1) is 11.3. The monoisotopic (exact) mass is 213 g/mol. The maximum absolute atomic E-state index is 5.97. The molecule has 0 aromatic carbocycles. The summed E-state index contributed by atoms with van der Waals surface area (Å²) < 4.78 is 0. The van der Waals surface area contributed by atoms with Crippen LogP contribution in [0.3, 0.4) is 0 Å². The maximum Gasteiger partial charge on any atom is 0.0820 e. The van der Waals surface area contributed by atoms with Gasteiger partial charge in [-0.3, -0.25) is 4.98 Å². The zero-order chi connectivity index (χ0) is 10.6. The van der Waals surface area contributed by atoms with Crippen LogP contribution < -0.4 is 5.32 Å². The number of pyridine rings is 1. The zero-order valence-electron chi connectivity index (χ0n) is 8.79. The van der Waals surface area contributed by atoms with Crippen molar-refractivity contribution in [1.29, 1.82) is 0 Å². The highest BCUT2D eigenvalue weighted by atomic mass is 35.5. The fourth-order valence-electron chi connectivity index (χ4n) is 1.35. The molecule has 0 spiro atoms. The van der Waals surface area contributed by atoms with Gasteiger partial charge in [-0.1, -0.05) is 11.6 Å². The lowest BCUT2D eigenvalue weighted by molar-refractivity contribution is 0.392. The van der Waals surface area contributed by atoms with Gasteiger partial charge in [-0.25, -0.2) is 0 Å². The summed E-state index contributed by atoms with van der Waals surface area (Å²) in [5.41, 5.74) is 0.941. The van der Waals surface area contributed by atoms with Crippen LogP contribution in [0.5, 0.6) is 0 Å². The number of nitrogens with one attached hydrogen (secondary N) is 1. The van der Waals surface area contributed by atoms with Gasteiger partial charge >= 0.3 is 0 Å². The lowest BCUT2D eigenvalue weighted by atomic mass is 10.3. The standard InChI is InChI=1S/C10H16ClN3/c1-8(7-14(2)3)13-10-4-5-12-6-9(10)11/h4-6,8H,7H2,1-3H3,(H,12,13)/t8-/m0/s1. The summed E-state index contributed by atoms with van der Waals surface area (Å²) in [6, 6.07) is 2.25. The third-order valence-electron chi connectivity index (χ3n) is 1.81. The van der Waals surface area contributed by atoms with Crippen LogP contribution in [-0.2, 0) is 0 Å². The van der Waals surface area contributed by atoms with Crippen LogP contribution in [0.1, 0.15) is 6.92 Å². The number of anilines is 1. The molecule has 0 aliphatic rings. The van der Waals surface area contributed by atoms with E-state index in [-0.39, 0.29) is 0 Å². The fraction of sp³-hybridized carbons (Fsp3) is 0.500. The van der Waals surface area contributed by atoms with Gasteiger partial charge in [-0.2, -0.15) is 0 Å². The second-order valence-corrected chi connectivity index (χ2v) is 4.07. The normalized spacial score (nSPS) is 12.9. The molecule has 0 saturated heterocycles. The van der Waals surface area contributed by atoms with E-state index in [1.807, 2.05) is 20.2 Å². The first-order valence-electron chi connectivity index (χ1n) is 4.60. The third kappa shape index (κ3) is 3.52. The van der Waals surface area contributed by atoms with E-state index in [0.29, 0.717) is 11.1 Å². The minimum absolute atomic E-state index is 0.366. The molecule has 1 heterocycles. The Labute approximate surface area is 90.1 Å². The van der Waals surface area contributed by atoms with Crippen LogP contribution >= 0.6 is 11.6 Å². The minimum atomic E-state index is 0.366. The molecule has 4 heteroatoms. The smallest absolute Gasteiger partial charge is 0.0820 e. The van der Waals surface area contributed by atoms with Gasteiger partial charge in [0.1, 0.15) is 0 Å². The lowest BCUT2D eigenvalue weighted by Gasteiger charge is -2.19. The van der Waals surface area contributed by atoms with Crippen molar-refractivity contribution in [3.63, 3.8) is 0 Å². The van der Waals surface area contributed by atoms with Crippen LogP contribution in [0.2, 0.25) is 5.02 Å². The molecular weight excluding hydrogens is 198 g/mol. The highest BCUT2D eigenvalue weighted by Crippen LogP contribution is 2.19. The van der Waals surface area contributed by atoms with Crippen molar-refractivity contribution in [2.24, 2.45) is 0 Å². The van der Waals surface area contributed by atoms with Crippen LogP contribution in [-0.4, -0.2) is 36.6 Å². The number of halogens is 1. The SMILES string of the molecule is C[C@@H](CN(C)C)Nc1ccncc1Cl. The third-order valence-corrected chi connectivity index (χ3v) is 2.11. The molecule has 1 aromatic heterocycles. The molecule has 1 rings (SSSR count). The number of hydrogen-bond donors (Lipinski definition) is 1. The largest absolute Gasteiger partial charge is 0.380 e. The number of aromatic nitrogens is 1. The first-order chi connectivity index (χ1) is 6.59. The molecule has 3 nitrogen and oxygen atoms in total. The van der Waals surface area contributed by atoms with E-state index in [4.69, 9.17) is 11.6 Å². The van der Waals surface area contributed by atoms with Gasteiger partial charge in [0.05, 0.1) is 10.7 Å². The molecule has 0 aliphatic heterocycles. The number of likely N-dealkylation sites (N-methyl/N-ethyl adjacent to an activating group) is 1. The Morgan fingerprint density at radius 3 is 2.86 bits per heavy atom. The summed E-state index contributed by atoms with van der Waals surface area (Å²) in [7, 11) is 4.10. The molecule has 0 bridgehead atoms. The van der Waals surface area contributed by atoms with Crippen LogP contribution in [0.25, 0.3) is 0 Å².